The van der Waals surface area contributed by atoms with Crippen molar-refractivity contribution in [1.29, 1.82) is 0 Å². The summed E-state index contributed by atoms with van der Waals surface area (Å²) in [6, 6.07) is 18.8. The van der Waals surface area contributed by atoms with E-state index in [2.05, 4.69) is 46.6 Å². The molecule has 4 rings (SSSR count). The van der Waals surface area contributed by atoms with Crippen molar-refractivity contribution in [2.24, 2.45) is 11.8 Å². The van der Waals surface area contributed by atoms with E-state index < -0.39 is 0 Å². The largest absolute Gasteiger partial charge is 0.370 e. The van der Waals surface area contributed by atoms with Crippen molar-refractivity contribution in [2.75, 3.05) is 23.3 Å². The van der Waals surface area contributed by atoms with Gasteiger partial charge in [-0.3, -0.25) is 0 Å². The molecule has 2 aliphatic rings. The van der Waals surface area contributed by atoms with Gasteiger partial charge in [0.2, 0.25) is 0 Å². The number of rotatable bonds is 3. The molecule has 1 aliphatic carbocycles. The van der Waals surface area contributed by atoms with Gasteiger partial charge in [0.05, 0.1) is 11.4 Å². The minimum Gasteiger partial charge on any atom is -0.370 e. The molecule has 0 bridgehead atoms. The Morgan fingerprint density at radius 3 is 2.44 bits per heavy atom. The lowest BCUT2D eigenvalue weighted by atomic mass is 9.75. The smallest absolute Gasteiger partial charge is 0.111 e. The highest BCUT2D eigenvalue weighted by Gasteiger charge is 2.31. The van der Waals surface area contributed by atoms with Crippen molar-refractivity contribution in [1.82, 2.24) is 0 Å². The van der Waals surface area contributed by atoms with Crippen LogP contribution in [0.1, 0.15) is 37.7 Å². The van der Waals surface area contributed by atoms with E-state index in [0.29, 0.717) is 0 Å². The number of para-hydroxylation sites is 2. The number of nitrogens with one attached hydrogen (secondary N) is 1. The molecule has 1 heterocycles. The molecular weight excluding hydrogens is 324 g/mol. The number of hydrogen-bond donors (Lipinski definition) is 1. The molecule has 0 spiro atoms. The second-order valence-electron chi connectivity index (χ2n) is 7.38. The van der Waals surface area contributed by atoms with E-state index in [1.165, 1.54) is 44.3 Å². The molecule has 0 radical (unpaired) electrons. The molecule has 2 aromatic carbocycles. The summed E-state index contributed by atoms with van der Waals surface area (Å²) in [5.74, 6) is 1.83. The minimum atomic E-state index is 0.792. The van der Waals surface area contributed by atoms with Crippen LogP contribution in [-0.4, -0.2) is 18.1 Å². The van der Waals surface area contributed by atoms with Crippen molar-refractivity contribution in [3.63, 3.8) is 0 Å². The standard InChI is InChI=1S/C22H26N2S/c25-22(18-9-2-1-3-10-18)23-20-12-6-7-13-21(20)24-15-14-17-8-4-5-11-19(17)16-24/h1-3,6-7,9-10,12-13,17,19H,4-5,8,11,14-16H2,(H,23,25). The Kier molecular flexibility index (Phi) is 5.02. The number of hydrogen-bond acceptors (Lipinski definition) is 2. The predicted octanol–water partition coefficient (Wildman–Crippen LogP) is 5.49. The molecule has 130 valence electrons. The number of benzene rings is 2. The first kappa shape index (κ1) is 16.6. The van der Waals surface area contributed by atoms with Crippen molar-refractivity contribution in [3.8, 4) is 0 Å². The van der Waals surface area contributed by atoms with Crippen molar-refractivity contribution < 1.29 is 0 Å². The highest BCUT2D eigenvalue weighted by Crippen LogP contribution is 2.39. The lowest BCUT2D eigenvalue weighted by molar-refractivity contribution is 0.202. The van der Waals surface area contributed by atoms with E-state index >= 15 is 0 Å². The first-order valence-corrected chi connectivity index (χ1v) is 9.92. The van der Waals surface area contributed by atoms with Gasteiger partial charge in [0.15, 0.2) is 0 Å². The number of anilines is 2. The Morgan fingerprint density at radius 1 is 0.880 bits per heavy atom. The maximum absolute atomic E-state index is 5.63. The van der Waals surface area contributed by atoms with Crippen LogP contribution in [0.15, 0.2) is 54.6 Å². The lowest BCUT2D eigenvalue weighted by Gasteiger charge is -2.42. The van der Waals surface area contributed by atoms with Crippen molar-refractivity contribution >= 4 is 28.6 Å². The van der Waals surface area contributed by atoms with Crippen LogP contribution in [0.3, 0.4) is 0 Å². The van der Waals surface area contributed by atoms with Crippen LogP contribution in [0.2, 0.25) is 0 Å². The Morgan fingerprint density at radius 2 is 1.60 bits per heavy atom. The third-order valence-corrected chi connectivity index (χ3v) is 6.16. The second-order valence-corrected chi connectivity index (χ2v) is 7.78. The van der Waals surface area contributed by atoms with Crippen LogP contribution in [0.25, 0.3) is 0 Å². The van der Waals surface area contributed by atoms with Crippen LogP contribution in [0, 0.1) is 11.8 Å². The first-order valence-electron chi connectivity index (χ1n) is 9.51. The van der Waals surface area contributed by atoms with E-state index in [9.17, 15) is 0 Å². The molecule has 0 aromatic heterocycles. The Hall–Kier alpha value is -1.87. The molecule has 2 unspecified atom stereocenters. The van der Waals surface area contributed by atoms with E-state index in [1.807, 2.05) is 18.2 Å². The molecule has 1 saturated carbocycles. The lowest BCUT2D eigenvalue weighted by Crippen LogP contribution is -2.42. The third-order valence-electron chi connectivity index (χ3n) is 5.82. The molecule has 1 N–H and O–H groups in total. The SMILES string of the molecule is S=C(Nc1ccccc1N1CCC2CCCCC2C1)c1ccccc1. The van der Waals surface area contributed by atoms with Crippen LogP contribution in [0.4, 0.5) is 11.4 Å². The Labute approximate surface area is 156 Å². The van der Waals surface area contributed by atoms with Crippen LogP contribution >= 0.6 is 12.2 Å². The van der Waals surface area contributed by atoms with Gasteiger partial charge in [0.1, 0.15) is 4.99 Å². The minimum absolute atomic E-state index is 0.792. The van der Waals surface area contributed by atoms with Gasteiger partial charge < -0.3 is 10.2 Å². The summed E-state index contributed by atoms with van der Waals surface area (Å²) in [6.45, 7) is 2.36. The Balaban J connectivity index is 1.52. The van der Waals surface area contributed by atoms with E-state index in [4.69, 9.17) is 12.2 Å². The van der Waals surface area contributed by atoms with Gasteiger partial charge in [0, 0.05) is 18.7 Å². The number of piperidine rings is 1. The summed E-state index contributed by atoms with van der Waals surface area (Å²) in [5.41, 5.74) is 3.49. The zero-order valence-corrected chi connectivity index (χ0v) is 15.5. The van der Waals surface area contributed by atoms with Gasteiger partial charge in [-0.05, 0) is 36.8 Å². The van der Waals surface area contributed by atoms with Crippen LogP contribution in [0.5, 0.6) is 0 Å². The fourth-order valence-corrected chi connectivity index (χ4v) is 4.70. The van der Waals surface area contributed by atoms with E-state index in [0.717, 1.165) is 34.6 Å². The maximum Gasteiger partial charge on any atom is 0.111 e. The summed E-state index contributed by atoms with van der Waals surface area (Å²) < 4.78 is 0. The highest BCUT2D eigenvalue weighted by molar-refractivity contribution is 7.81. The van der Waals surface area contributed by atoms with Gasteiger partial charge in [0.25, 0.3) is 0 Å². The zero-order chi connectivity index (χ0) is 17.1. The molecule has 2 atom stereocenters. The predicted molar refractivity (Wildman–Crippen MR) is 110 cm³/mol. The molecule has 25 heavy (non-hydrogen) atoms. The van der Waals surface area contributed by atoms with Gasteiger partial charge in [-0.1, -0.05) is 73.9 Å². The molecule has 2 aromatic rings. The quantitative estimate of drug-likeness (QED) is 0.737. The normalized spacial score (nSPS) is 23.0. The first-order chi connectivity index (χ1) is 12.3. The second kappa shape index (κ2) is 7.57. The summed E-state index contributed by atoms with van der Waals surface area (Å²) in [4.78, 5) is 3.36. The monoisotopic (exact) mass is 350 g/mol. The van der Waals surface area contributed by atoms with Crippen LogP contribution in [-0.2, 0) is 0 Å². The molecule has 3 heteroatoms. The summed E-state index contributed by atoms with van der Waals surface area (Å²) in [6.07, 6.45) is 7.02. The fraction of sp³-hybridized carbons (Fsp3) is 0.409. The van der Waals surface area contributed by atoms with Gasteiger partial charge in [-0.2, -0.15) is 0 Å². The number of thiocarbonyl (C=S) groups is 1. The van der Waals surface area contributed by atoms with Crippen molar-refractivity contribution in [3.05, 3.63) is 60.2 Å². The van der Waals surface area contributed by atoms with E-state index in [-0.39, 0.29) is 0 Å². The number of nitrogens with zero attached hydrogens (tertiary/aromatic N) is 1. The van der Waals surface area contributed by atoms with Crippen LogP contribution < -0.4 is 10.2 Å². The molecule has 2 fully saturated rings. The average molecular weight is 351 g/mol. The maximum atomic E-state index is 5.63. The highest BCUT2D eigenvalue weighted by atomic mass is 32.1. The molecule has 0 amide bonds. The molecule has 2 nitrogen and oxygen atoms in total. The third kappa shape index (κ3) is 3.72. The topological polar surface area (TPSA) is 15.3 Å². The van der Waals surface area contributed by atoms with Crippen molar-refractivity contribution in [2.45, 2.75) is 32.1 Å². The summed E-state index contributed by atoms with van der Waals surface area (Å²) >= 11 is 5.63. The van der Waals surface area contributed by atoms with Gasteiger partial charge in [-0.25, -0.2) is 0 Å². The number of fused-ring (bicyclic) bond motifs is 1. The summed E-state index contributed by atoms with van der Waals surface area (Å²) in [5, 5.41) is 3.49. The average Bonchev–Trinajstić information content (AvgIpc) is 2.69. The zero-order valence-electron chi connectivity index (χ0n) is 14.7. The van der Waals surface area contributed by atoms with Gasteiger partial charge in [-0.15, -0.1) is 0 Å². The summed E-state index contributed by atoms with van der Waals surface area (Å²) in [7, 11) is 0. The molecule has 1 saturated heterocycles. The van der Waals surface area contributed by atoms with Gasteiger partial charge >= 0.3 is 0 Å². The molecule has 1 aliphatic heterocycles. The Bertz CT molecular complexity index is 728. The molecular formula is C22H26N2S. The van der Waals surface area contributed by atoms with E-state index in [1.54, 1.807) is 0 Å². The fourth-order valence-electron chi connectivity index (χ4n) is 4.46.